The second kappa shape index (κ2) is 6.85. The smallest absolute Gasteiger partial charge is 0.223 e. The van der Waals surface area contributed by atoms with Crippen molar-refractivity contribution in [2.24, 2.45) is 11.8 Å². The van der Waals surface area contributed by atoms with Crippen LogP contribution in [0.25, 0.3) is 0 Å². The predicted molar refractivity (Wildman–Crippen MR) is 90.7 cm³/mol. The molecule has 0 radical (unpaired) electrons. The van der Waals surface area contributed by atoms with Crippen LogP contribution < -0.4 is 0 Å². The van der Waals surface area contributed by atoms with E-state index in [4.69, 9.17) is 0 Å². The van der Waals surface area contributed by atoms with E-state index in [0.29, 0.717) is 36.1 Å². The molecule has 2 nitrogen and oxygen atoms in total. The van der Waals surface area contributed by atoms with Gasteiger partial charge in [0.25, 0.3) is 0 Å². The van der Waals surface area contributed by atoms with E-state index in [0.717, 1.165) is 13.0 Å². The molecule has 0 bridgehead atoms. The monoisotopic (exact) mass is 299 g/mol. The molecule has 1 amide bonds. The van der Waals surface area contributed by atoms with Crippen molar-refractivity contribution < 1.29 is 4.79 Å². The zero-order valence-corrected chi connectivity index (χ0v) is 14.0. The Morgan fingerprint density at radius 1 is 1.14 bits per heavy atom. The van der Waals surface area contributed by atoms with Crippen LogP contribution in [0.4, 0.5) is 0 Å². The maximum absolute atomic E-state index is 12.6. The molecule has 2 unspecified atom stereocenters. The van der Waals surface area contributed by atoms with Crippen molar-refractivity contribution in [3.05, 3.63) is 35.9 Å². The number of amides is 1. The predicted octanol–water partition coefficient (Wildman–Crippen LogP) is 4.61. The number of carbonyl (C=O) groups excluding carboxylic acids is 1. The number of piperidine rings is 1. The van der Waals surface area contributed by atoms with E-state index < -0.39 is 0 Å². The fourth-order valence-corrected chi connectivity index (χ4v) is 4.54. The van der Waals surface area contributed by atoms with Crippen molar-refractivity contribution in [1.29, 1.82) is 0 Å². The second-order valence-electron chi connectivity index (χ2n) is 7.51. The minimum absolute atomic E-state index is 0.387. The highest BCUT2D eigenvalue weighted by Crippen LogP contribution is 2.44. The van der Waals surface area contributed by atoms with E-state index in [1.165, 1.54) is 31.2 Å². The Balaban J connectivity index is 1.79. The minimum Gasteiger partial charge on any atom is -0.339 e. The molecule has 0 aromatic heterocycles. The Bertz CT molecular complexity index is 496. The van der Waals surface area contributed by atoms with Gasteiger partial charge in [0, 0.05) is 19.0 Å². The van der Waals surface area contributed by atoms with Gasteiger partial charge in [-0.2, -0.15) is 0 Å². The van der Waals surface area contributed by atoms with Crippen LogP contribution in [0.15, 0.2) is 30.3 Å². The highest BCUT2D eigenvalue weighted by Gasteiger charge is 2.41. The van der Waals surface area contributed by atoms with Gasteiger partial charge in [-0.05, 0) is 42.6 Å². The lowest BCUT2D eigenvalue weighted by Gasteiger charge is -2.48. The van der Waals surface area contributed by atoms with Gasteiger partial charge < -0.3 is 4.90 Å². The molecule has 1 saturated carbocycles. The molecule has 1 aliphatic carbocycles. The Kier molecular flexibility index (Phi) is 4.85. The average molecular weight is 299 g/mol. The first-order chi connectivity index (χ1) is 10.7. The lowest BCUT2D eigenvalue weighted by atomic mass is 9.69. The first kappa shape index (κ1) is 15.6. The van der Waals surface area contributed by atoms with E-state index in [2.05, 4.69) is 49.1 Å². The van der Waals surface area contributed by atoms with Gasteiger partial charge >= 0.3 is 0 Å². The second-order valence-corrected chi connectivity index (χ2v) is 7.51. The third kappa shape index (κ3) is 3.21. The van der Waals surface area contributed by atoms with Gasteiger partial charge in [-0.15, -0.1) is 0 Å². The lowest BCUT2D eigenvalue weighted by Crippen LogP contribution is -2.52. The molecule has 0 spiro atoms. The van der Waals surface area contributed by atoms with Gasteiger partial charge in [0.05, 0.1) is 0 Å². The van der Waals surface area contributed by atoms with Crippen molar-refractivity contribution in [1.82, 2.24) is 4.90 Å². The van der Waals surface area contributed by atoms with Gasteiger partial charge in [-0.1, -0.05) is 57.0 Å². The van der Waals surface area contributed by atoms with Crippen molar-refractivity contribution in [3.8, 4) is 0 Å². The Labute approximate surface area is 134 Å². The van der Waals surface area contributed by atoms with Crippen LogP contribution >= 0.6 is 0 Å². The normalized spacial score (nSPS) is 28.5. The number of nitrogens with zero attached hydrogens (tertiary/aromatic N) is 1. The third-order valence-corrected chi connectivity index (χ3v) is 5.51. The highest BCUT2D eigenvalue weighted by atomic mass is 16.2. The summed E-state index contributed by atoms with van der Waals surface area (Å²) in [4.78, 5) is 14.9. The molecular weight excluding hydrogens is 270 g/mol. The maximum Gasteiger partial charge on any atom is 0.223 e. The van der Waals surface area contributed by atoms with Crippen LogP contribution in [0.1, 0.15) is 63.9 Å². The molecule has 1 aromatic rings. The molecule has 1 aromatic carbocycles. The third-order valence-electron chi connectivity index (χ3n) is 5.51. The summed E-state index contributed by atoms with van der Waals surface area (Å²) in [6.45, 7) is 5.24. The Morgan fingerprint density at radius 2 is 1.86 bits per heavy atom. The molecule has 22 heavy (non-hydrogen) atoms. The van der Waals surface area contributed by atoms with Gasteiger partial charge in [0.2, 0.25) is 5.91 Å². The summed E-state index contributed by atoms with van der Waals surface area (Å²) in [7, 11) is 0. The summed E-state index contributed by atoms with van der Waals surface area (Å²) in [6, 6.07) is 11.5. The summed E-state index contributed by atoms with van der Waals surface area (Å²) in [5.74, 6) is 2.16. The van der Waals surface area contributed by atoms with Crippen LogP contribution in [-0.2, 0) is 4.79 Å². The largest absolute Gasteiger partial charge is 0.339 e. The number of likely N-dealkylation sites (tertiary alicyclic amines) is 1. The van der Waals surface area contributed by atoms with E-state index in [1.807, 2.05) is 0 Å². The molecule has 3 rings (SSSR count). The first-order valence-corrected chi connectivity index (χ1v) is 9.01. The number of hydrogen-bond donors (Lipinski definition) is 0. The zero-order valence-electron chi connectivity index (χ0n) is 14.0. The van der Waals surface area contributed by atoms with E-state index >= 15 is 0 Å². The summed E-state index contributed by atoms with van der Waals surface area (Å²) in [6.07, 6.45) is 6.95. The van der Waals surface area contributed by atoms with Gasteiger partial charge in [0.1, 0.15) is 0 Å². The lowest BCUT2D eigenvalue weighted by molar-refractivity contribution is -0.138. The van der Waals surface area contributed by atoms with Crippen LogP contribution in [0, 0.1) is 11.8 Å². The molecule has 1 heterocycles. The summed E-state index contributed by atoms with van der Waals surface area (Å²) in [5.41, 5.74) is 1.48. The number of fused-ring (bicyclic) bond motifs is 1. The highest BCUT2D eigenvalue weighted by molar-refractivity contribution is 5.77. The molecular formula is C20H29NO. The standard InChI is InChI=1S/C20H29NO/c1-15(2)14-20(22)21-13-12-17(16-8-4-3-5-9-16)18-10-6-7-11-19(18)21/h3-5,8-9,15,17-19H,6-7,10-14H2,1-2H3/t17?,18-,19?/m1/s1. The molecule has 2 heteroatoms. The van der Waals surface area contributed by atoms with Gasteiger partial charge in [0.15, 0.2) is 0 Å². The van der Waals surface area contributed by atoms with Crippen LogP contribution in [0.5, 0.6) is 0 Å². The molecule has 0 N–H and O–H groups in total. The van der Waals surface area contributed by atoms with Crippen molar-refractivity contribution >= 4 is 5.91 Å². The van der Waals surface area contributed by atoms with Gasteiger partial charge in [-0.25, -0.2) is 0 Å². The average Bonchev–Trinajstić information content (AvgIpc) is 2.54. The number of carbonyl (C=O) groups is 1. The van der Waals surface area contributed by atoms with Crippen molar-refractivity contribution in [2.45, 2.75) is 64.3 Å². The summed E-state index contributed by atoms with van der Waals surface area (Å²) in [5, 5.41) is 0. The van der Waals surface area contributed by atoms with E-state index in [1.54, 1.807) is 0 Å². The fraction of sp³-hybridized carbons (Fsp3) is 0.650. The quantitative estimate of drug-likeness (QED) is 0.798. The fourth-order valence-electron chi connectivity index (χ4n) is 4.54. The van der Waals surface area contributed by atoms with Crippen LogP contribution in [0.3, 0.4) is 0 Å². The summed E-state index contributed by atoms with van der Waals surface area (Å²) >= 11 is 0. The van der Waals surface area contributed by atoms with E-state index in [9.17, 15) is 4.79 Å². The molecule has 1 aliphatic heterocycles. The topological polar surface area (TPSA) is 20.3 Å². The van der Waals surface area contributed by atoms with Crippen molar-refractivity contribution in [2.75, 3.05) is 6.54 Å². The van der Waals surface area contributed by atoms with Crippen LogP contribution in [0.2, 0.25) is 0 Å². The van der Waals surface area contributed by atoms with E-state index in [-0.39, 0.29) is 0 Å². The van der Waals surface area contributed by atoms with Crippen LogP contribution in [-0.4, -0.2) is 23.4 Å². The SMILES string of the molecule is CC(C)CC(=O)N1CCC(c2ccccc2)[C@H]2CCCCC21. The Hall–Kier alpha value is -1.31. The maximum atomic E-state index is 12.6. The molecule has 2 fully saturated rings. The molecule has 3 atom stereocenters. The number of rotatable bonds is 3. The number of hydrogen-bond acceptors (Lipinski definition) is 1. The Morgan fingerprint density at radius 3 is 2.59 bits per heavy atom. The first-order valence-electron chi connectivity index (χ1n) is 9.01. The van der Waals surface area contributed by atoms with Gasteiger partial charge in [-0.3, -0.25) is 4.79 Å². The van der Waals surface area contributed by atoms with Crippen molar-refractivity contribution in [3.63, 3.8) is 0 Å². The molecule has 120 valence electrons. The zero-order chi connectivity index (χ0) is 15.5. The summed E-state index contributed by atoms with van der Waals surface area (Å²) < 4.78 is 0. The number of benzene rings is 1. The molecule has 1 saturated heterocycles. The minimum atomic E-state index is 0.387. The molecule has 2 aliphatic rings.